The van der Waals surface area contributed by atoms with Crippen LogP contribution in [0.4, 0.5) is 5.69 Å². The van der Waals surface area contributed by atoms with Gasteiger partial charge in [-0.2, -0.15) is 0 Å². The van der Waals surface area contributed by atoms with Crippen LogP contribution in [0.2, 0.25) is 5.28 Å². The average molecular weight is 244 g/mol. The van der Waals surface area contributed by atoms with E-state index < -0.39 is 0 Å². The Balaban J connectivity index is 2.12. The van der Waals surface area contributed by atoms with E-state index in [4.69, 9.17) is 17.3 Å². The Bertz CT molecular complexity index is 620. The molecule has 4 heteroatoms. The van der Waals surface area contributed by atoms with Crippen LogP contribution >= 0.6 is 11.6 Å². The third-order valence-electron chi connectivity index (χ3n) is 2.91. The van der Waals surface area contributed by atoms with E-state index in [0.29, 0.717) is 0 Å². The summed E-state index contributed by atoms with van der Waals surface area (Å²) in [6.07, 6.45) is 4.63. The predicted octanol–water partition coefficient (Wildman–Crippen LogP) is 2.70. The smallest absolute Gasteiger partial charge is 0.222 e. The molecule has 0 unspecified atom stereocenters. The van der Waals surface area contributed by atoms with Crippen LogP contribution in [0.3, 0.4) is 0 Å². The number of aromatic nitrogens is 2. The fourth-order valence-electron chi connectivity index (χ4n) is 2.13. The van der Waals surface area contributed by atoms with Gasteiger partial charge >= 0.3 is 0 Å². The molecule has 1 aromatic heterocycles. The van der Waals surface area contributed by atoms with Crippen LogP contribution < -0.4 is 5.73 Å². The minimum absolute atomic E-state index is 0.265. The SMILES string of the molecule is Nc1cccc2c1CC=C2c1ccnc(Cl)n1. The fraction of sp³-hybridized carbons (Fsp3) is 0.0769. The molecule has 3 rings (SSSR count). The van der Waals surface area contributed by atoms with Crippen molar-refractivity contribution >= 4 is 22.9 Å². The minimum atomic E-state index is 0.265. The lowest BCUT2D eigenvalue weighted by Gasteiger charge is -2.07. The highest BCUT2D eigenvalue weighted by Gasteiger charge is 2.18. The third kappa shape index (κ3) is 1.68. The first-order valence-electron chi connectivity index (χ1n) is 5.32. The number of hydrogen-bond donors (Lipinski definition) is 1. The lowest BCUT2D eigenvalue weighted by molar-refractivity contribution is 1.14. The van der Waals surface area contributed by atoms with Crippen LogP contribution in [-0.4, -0.2) is 9.97 Å². The van der Waals surface area contributed by atoms with E-state index in [2.05, 4.69) is 22.1 Å². The Labute approximate surface area is 104 Å². The zero-order valence-corrected chi connectivity index (χ0v) is 9.78. The summed E-state index contributed by atoms with van der Waals surface area (Å²) in [5, 5.41) is 0.265. The molecule has 1 aliphatic carbocycles. The Morgan fingerprint density at radius 2 is 2.12 bits per heavy atom. The number of anilines is 1. The number of fused-ring (bicyclic) bond motifs is 1. The van der Waals surface area contributed by atoms with Gasteiger partial charge in [-0.1, -0.05) is 18.2 Å². The summed E-state index contributed by atoms with van der Waals surface area (Å²) in [5.74, 6) is 0. The summed E-state index contributed by atoms with van der Waals surface area (Å²) in [7, 11) is 0. The van der Waals surface area contributed by atoms with Gasteiger partial charge in [-0.3, -0.25) is 0 Å². The number of allylic oxidation sites excluding steroid dienone is 1. The van der Waals surface area contributed by atoms with E-state index >= 15 is 0 Å². The zero-order chi connectivity index (χ0) is 11.8. The van der Waals surface area contributed by atoms with Crippen LogP contribution in [0, 0.1) is 0 Å². The maximum atomic E-state index is 5.95. The molecule has 84 valence electrons. The molecule has 17 heavy (non-hydrogen) atoms. The predicted molar refractivity (Wildman–Crippen MR) is 68.7 cm³/mol. The van der Waals surface area contributed by atoms with Crippen LogP contribution in [0.1, 0.15) is 16.8 Å². The average Bonchev–Trinajstić information content (AvgIpc) is 2.74. The molecule has 0 aliphatic heterocycles. The van der Waals surface area contributed by atoms with Crippen LogP contribution in [0.5, 0.6) is 0 Å². The van der Waals surface area contributed by atoms with Gasteiger partial charge in [-0.15, -0.1) is 0 Å². The molecule has 3 nitrogen and oxygen atoms in total. The van der Waals surface area contributed by atoms with E-state index in [1.807, 2.05) is 18.2 Å². The molecular formula is C13H10ClN3. The maximum Gasteiger partial charge on any atom is 0.222 e. The summed E-state index contributed by atoms with van der Waals surface area (Å²) < 4.78 is 0. The lowest BCUT2D eigenvalue weighted by Crippen LogP contribution is -1.95. The molecule has 0 radical (unpaired) electrons. The number of nitrogen functional groups attached to an aromatic ring is 1. The molecule has 2 N–H and O–H groups in total. The molecule has 0 amide bonds. The van der Waals surface area contributed by atoms with Crippen LogP contribution in [0.25, 0.3) is 5.57 Å². The van der Waals surface area contributed by atoms with Crippen molar-refractivity contribution in [1.82, 2.24) is 9.97 Å². The van der Waals surface area contributed by atoms with Gasteiger partial charge in [0.2, 0.25) is 5.28 Å². The summed E-state index contributed by atoms with van der Waals surface area (Å²) in [6.45, 7) is 0. The molecule has 1 aromatic carbocycles. The van der Waals surface area contributed by atoms with E-state index in [-0.39, 0.29) is 5.28 Å². The largest absolute Gasteiger partial charge is 0.398 e. The highest BCUT2D eigenvalue weighted by Crippen LogP contribution is 2.34. The van der Waals surface area contributed by atoms with Gasteiger partial charge < -0.3 is 5.73 Å². The molecule has 2 aromatic rings. The first-order chi connectivity index (χ1) is 8.25. The first kappa shape index (κ1) is 10.3. The molecule has 0 bridgehead atoms. The first-order valence-corrected chi connectivity index (χ1v) is 5.70. The fourth-order valence-corrected chi connectivity index (χ4v) is 2.27. The monoisotopic (exact) mass is 243 g/mol. The van der Waals surface area contributed by atoms with Gasteiger partial charge in [0.1, 0.15) is 0 Å². The highest BCUT2D eigenvalue weighted by atomic mass is 35.5. The summed E-state index contributed by atoms with van der Waals surface area (Å²) in [6, 6.07) is 7.79. The van der Waals surface area contributed by atoms with E-state index in [1.54, 1.807) is 6.20 Å². The Kier molecular flexibility index (Phi) is 2.34. The Morgan fingerprint density at radius 3 is 2.94 bits per heavy atom. The van der Waals surface area contributed by atoms with E-state index in [1.165, 1.54) is 0 Å². The summed E-state index contributed by atoms with van der Waals surface area (Å²) >= 11 is 5.81. The van der Waals surface area contributed by atoms with Crippen molar-refractivity contribution < 1.29 is 0 Å². The number of rotatable bonds is 1. The standard InChI is InChI=1S/C13H10ClN3/c14-13-16-7-6-12(17-13)10-5-4-9-8(10)2-1-3-11(9)15/h1-3,5-7H,4,15H2. The third-order valence-corrected chi connectivity index (χ3v) is 3.10. The molecule has 0 saturated carbocycles. The van der Waals surface area contributed by atoms with Gasteiger partial charge in [0.25, 0.3) is 0 Å². The van der Waals surface area contributed by atoms with Crippen molar-refractivity contribution in [1.29, 1.82) is 0 Å². The number of hydrogen-bond acceptors (Lipinski definition) is 3. The van der Waals surface area contributed by atoms with Crippen molar-refractivity contribution in [2.75, 3.05) is 5.73 Å². The van der Waals surface area contributed by atoms with E-state index in [0.717, 1.165) is 34.5 Å². The molecular weight excluding hydrogens is 234 g/mol. The molecule has 0 spiro atoms. The van der Waals surface area contributed by atoms with Gasteiger partial charge in [-0.05, 0) is 41.3 Å². The van der Waals surface area contributed by atoms with Gasteiger partial charge in [0.05, 0.1) is 5.69 Å². The van der Waals surface area contributed by atoms with Crippen LogP contribution in [0.15, 0.2) is 36.5 Å². The Hall–Kier alpha value is -1.87. The van der Waals surface area contributed by atoms with Crippen molar-refractivity contribution in [3.63, 3.8) is 0 Å². The Morgan fingerprint density at radius 1 is 1.24 bits per heavy atom. The summed E-state index contributed by atoms with van der Waals surface area (Å²) in [5.41, 5.74) is 11.0. The number of halogens is 1. The van der Waals surface area contributed by atoms with Gasteiger partial charge in [0.15, 0.2) is 0 Å². The van der Waals surface area contributed by atoms with E-state index in [9.17, 15) is 0 Å². The number of nitrogens with two attached hydrogens (primary N) is 1. The topological polar surface area (TPSA) is 51.8 Å². The van der Waals surface area contributed by atoms with Gasteiger partial charge in [-0.25, -0.2) is 9.97 Å². The normalized spacial score (nSPS) is 13.4. The quantitative estimate of drug-likeness (QED) is 0.619. The minimum Gasteiger partial charge on any atom is -0.398 e. The second-order valence-electron chi connectivity index (χ2n) is 3.91. The lowest BCUT2D eigenvalue weighted by atomic mass is 10.0. The highest BCUT2D eigenvalue weighted by molar-refractivity contribution is 6.28. The van der Waals surface area contributed by atoms with Crippen LogP contribution in [-0.2, 0) is 6.42 Å². The molecule has 1 heterocycles. The second-order valence-corrected chi connectivity index (χ2v) is 4.24. The van der Waals surface area contributed by atoms with Gasteiger partial charge in [0, 0.05) is 17.5 Å². The summed E-state index contributed by atoms with van der Waals surface area (Å²) in [4.78, 5) is 8.12. The molecule has 0 saturated heterocycles. The molecule has 0 atom stereocenters. The maximum absolute atomic E-state index is 5.95. The van der Waals surface area contributed by atoms with Crippen molar-refractivity contribution in [2.24, 2.45) is 0 Å². The zero-order valence-electron chi connectivity index (χ0n) is 9.02. The number of benzene rings is 1. The van der Waals surface area contributed by atoms with Crippen molar-refractivity contribution in [3.8, 4) is 0 Å². The van der Waals surface area contributed by atoms with Crippen molar-refractivity contribution in [2.45, 2.75) is 6.42 Å². The van der Waals surface area contributed by atoms with Crippen molar-refractivity contribution in [3.05, 3.63) is 58.6 Å². The number of nitrogens with zero attached hydrogens (tertiary/aromatic N) is 2. The second kappa shape index (κ2) is 3.86. The molecule has 1 aliphatic rings. The molecule has 0 fully saturated rings.